The van der Waals surface area contributed by atoms with Crippen molar-refractivity contribution in [1.29, 1.82) is 0 Å². The van der Waals surface area contributed by atoms with Gasteiger partial charge in [0.25, 0.3) is 0 Å². The van der Waals surface area contributed by atoms with Crippen LogP contribution >= 0.6 is 0 Å². The molecule has 0 radical (unpaired) electrons. The summed E-state index contributed by atoms with van der Waals surface area (Å²) in [5.41, 5.74) is 0.515. The van der Waals surface area contributed by atoms with Crippen LogP contribution in [0.25, 0.3) is 0 Å². The van der Waals surface area contributed by atoms with Crippen LogP contribution in [-0.4, -0.2) is 34.7 Å². The largest absolute Gasteiger partial charge is 0.395 e. The molecule has 0 bridgehead atoms. The van der Waals surface area contributed by atoms with Crippen molar-refractivity contribution in [3.63, 3.8) is 0 Å². The molecule has 0 spiro atoms. The topological polar surface area (TPSA) is 114 Å². The molecule has 7 nitrogen and oxygen atoms in total. The Hall–Kier alpha value is -1.64. The molecule has 0 saturated carbocycles. The number of aromatic nitrogens is 3. The molecule has 0 aliphatic carbocycles. The highest BCUT2D eigenvalue weighted by atomic mass is 32.2. The van der Waals surface area contributed by atoms with Crippen LogP contribution in [-0.2, 0) is 23.0 Å². The van der Waals surface area contributed by atoms with Gasteiger partial charge in [0.1, 0.15) is 10.7 Å². The van der Waals surface area contributed by atoms with Gasteiger partial charge in [-0.25, -0.2) is 18.5 Å². The summed E-state index contributed by atoms with van der Waals surface area (Å²) in [5, 5.41) is 14.1. The average molecular weight is 270 g/mol. The fourth-order valence-corrected chi connectivity index (χ4v) is 2.57. The predicted molar refractivity (Wildman–Crippen MR) is 64.3 cm³/mol. The number of aliphatic hydroxyl groups excluding tert-OH is 1. The summed E-state index contributed by atoms with van der Waals surface area (Å²) in [6, 6.07) is 1.43. The fraction of sp³-hybridized carbons (Fsp3) is 0.300. The van der Waals surface area contributed by atoms with Crippen molar-refractivity contribution in [3.8, 4) is 0 Å². The Morgan fingerprint density at radius 2 is 2.28 bits per heavy atom. The maximum atomic E-state index is 11.5. The van der Waals surface area contributed by atoms with Gasteiger partial charge < -0.3 is 14.7 Å². The van der Waals surface area contributed by atoms with E-state index in [1.165, 1.54) is 6.07 Å². The molecule has 2 heterocycles. The molecule has 0 atom stereocenters. The minimum Gasteiger partial charge on any atom is -0.395 e. The normalized spacial score (nSPS) is 11.9. The number of imidazole rings is 1. The average Bonchev–Trinajstić information content (AvgIpc) is 2.89. The molecule has 2 aromatic heterocycles. The number of H-pyrrole nitrogens is 1. The van der Waals surface area contributed by atoms with Crippen LogP contribution in [0.2, 0.25) is 0 Å². The second-order valence-electron chi connectivity index (χ2n) is 3.80. The van der Waals surface area contributed by atoms with Gasteiger partial charge in [-0.15, -0.1) is 0 Å². The molecule has 8 heteroatoms. The first-order chi connectivity index (χ1) is 8.52. The maximum absolute atomic E-state index is 11.5. The minimum atomic E-state index is -3.78. The van der Waals surface area contributed by atoms with Crippen molar-refractivity contribution in [1.82, 2.24) is 14.5 Å². The number of aromatic amines is 1. The van der Waals surface area contributed by atoms with E-state index in [-0.39, 0.29) is 11.5 Å². The number of nitrogens with one attached hydrogen (secondary N) is 1. The van der Waals surface area contributed by atoms with Crippen LogP contribution in [0.3, 0.4) is 0 Å². The van der Waals surface area contributed by atoms with Crippen molar-refractivity contribution < 1.29 is 13.5 Å². The van der Waals surface area contributed by atoms with Crippen LogP contribution in [0, 0.1) is 0 Å². The molecule has 4 N–H and O–H groups in total. The van der Waals surface area contributed by atoms with Crippen molar-refractivity contribution in [2.24, 2.45) is 5.14 Å². The number of hydrogen-bond donors (Lipinski definition) is 3. The van der Waals surface area contributed by atoms with E-state index in [0.29, 0.717) is 24.5 Å². The number of nitrogens with zero attached hydrogens (tertiary/aromatic N) is 2. The second-order valence-corrected chi connectivity index (χ2v) is 5.33. The molecular formula is C10H14N4O3S. The second kappa shape index (κ2) is 4.92. The molecular weight excluding hydrogens is 256 g/mol. The Morgan fingerprint density at radius 1 is 1.50 bits per heavy atom. The van der Waals surface area contributed by atoms with Crippen LogP contribution in [0.5, 0.6) is 0 Å². The van der Waals surface area contributed by atoms with E-state index in [1.54, 1.807) is 23.2 Å². The Kier molecular flexibility index (Phi) is 3.50. The van der Waals surface area contributed by atoms with Gasteiger partial charge in [-0.1, -0.05) is 0 Å². The third-order valence-electron chi connectivity index (χ3n) is 2.57. The van der Waals surface area contributed by atoms with Gasteiger partial charge in [-0.2, -0.15) is 0 Å². The summed E-state index contributed by atoms with van der Waals surface area (Å²) in [6.45, 7) is 0.232. The molecule has 2 aromatic rings. The molecule has 0 unspecified atom stereocenters. The summed E-state index contributed by atoms with van der Waals surface area (Å²) in [5.74, 6) is 0.637. The first kappa shape index (κ1) is 12.8. The van der Waals surface area contributed by atoms with Gasteiger partial charge in [0.2, 0.25) is 10.0 Å². The first-order valence-corrected chi connectivity index (χ1v) is 6.87. The number of nitrogens with two attached hydrogens (primary N) is 1. The van der Waals surface area contributed by atoms with E-state index in [0.717, 1.165) is 0 Å². The lowest BCUT2D eigenvalue weighted by molar-refractivity contribution is 0.274. The Morgan fingerprint density at radius 3 is 2.83 bits per heavy atom. The highest BCUT2D eigenvalue weighted by Crippen LogP contribution is 2.18. The van der Waals surface area contributed by atoms with E-state index >= 15 is 0 Å². The number of aliphatic hydroxyl groups is 1. The highest BCUT2D eigenvalue weighted by Gasteiger charge is 2.19. The van der Waals surface area contributed by atoms with E-state index < -0.39 is 10.0 Å². The maximum Gasteiger partial charge on any atom is 0.239 e. The lowest BCUT2D eigenvalue weighted by Gasteiger charge is -2.08. The van der Waals surface area contributed by atoms with Crippen molar-refractivity contribution in [2.45, 2.75) is 17.9 Å². The van der Waals surface area contributed by atoms with E-state index in [2.05, 4.69) is 9.97 Å². The van der Waals surface area contributed by atoms with E-state index in [9.17, 15) is 8.42 Å². The van der Waals surface area contributed by atoms with Gasteiger partial charge in [-0.05, 0) is 6.07 Å². The number of rotatable bonds is 5. The van der Waals surface area contributed by atoms with Crippen molar-refractivity contribution in [2.75, 3.05) is 6.61 Å². The summed E-state index contributed by atoms with van der Waals surface area (Å²) >= 11 is 0. The van der Waals surface area contributed by atoms with Crippen LogP contribution < -0.4 is 5.14 Å². The summed E-state index contributed by atoms with van der Waals surface area (Å²) < 4.78 is 24.6. The van der Waals surface area contributed by atoms with Gasteiger partial charge in [-0.3, -0.25) is 0 Å². The summed E-state index contributed by atoms with van der Waals surface area (Å²) in [6.07, 6.45) is 5.15. The standard InChI is InChI=1S/C10H14N4O3S/c11-18(16,17)9-1-4-14(5-6-15)8(9)7-10-12-2-3-13-10/h1-4,15H,5-7H2,(H,12,13)(H2,11,16,17). The predicted octanol–water partition coefficient (Wildman–Crippen LogP) is -0.558. The van der Waals surface area contributed by atoms with Gasteiger partial charge in [0.15, 0.2) is 0 Å². The summed E-state index contributed by atoms with van der Waals surface area (Å²) in [4.78, 5) is 7.01. The monoisotopic (exact) mass is 270 g/mol. The quantitative estimate of drug-likeness (QED) is 0.675. The van der Waals surface area contributed by atoms with Crippen molar-refractivity contribution >= 4 is 10.0 Å². The van der Waals surface area contributed by atoms with E-state index in [4.69, 9.17) is 10.2 Å². The third kappa shape index (κ3) is 2.61. The molecule has 2 rings (SSSR count). The molecule has 0 aliphatic heterocycles. The molecule has 98 valence electrons. The van der Waals surface area contributed by atoms with Gasteiger partial charge in [0, 0.05) is 37.3 Å². The number of primary sulfonamides is 1. The SMILES string of the molecule is NS(=O)(=O)c1ccn(CCO)c1Cc1ncc[nH]1. The number of hydrogen-bond acceptors (Lipinski definition) is 4. The van der Waals surface area contributed by atoms with Crippen LogP contribution in [0.15, 0.2) is 29.6 Å². The zero-order valence-electron chi connectivity index (χ0n) is 9.57. The van der Waals surface area contributed by atoms with Gasteiger partial charge in [0.05, 0.1) is 6.61 Å². The van der Waals surface area contributed by atoms with Crippen LogP contribution in [0.1, 0.15) is 11.5 Å². The Labute approximate surface area is 104 Å². The lowest BCUT2D eigenvalue weighted by Crippen LogP contribution is -2.16. The Bertz CT molecular complexity index is 616. The zero-order chi connectivity index (χ0) is 13.2. The minimum absolute atomic E-state index is 0.0624. The molecule has 0 aliphatic rings. The Balaban J connectivity index is 2.43. The van der Waals surface area contributed by atoms with Crippen LogP contribution in [0.4, 0.5) is 0 Å². The smallest absolute Gasteiger partial charge is 0.239 e. The molecule has 0 fully saturated rings. The van der Waals surface area contributed by atoms with Crippen molar-refractivity contribution in [3.05, 3.63) is 36.2 Å². The summed E-state index contributed by atoms with van der Waals surface area (Å²) in [7, 11) is -3.78. The molecule has 0 aromatic carbocycles. The first-order valence-electron chi connectivity index (χ1n) is 5.32. The molecule has 0 saturated heterocycles. The molecule has 0 amide bonds. The highest BCUT2D eigenvalue weighted by molar-refractivity contribution is 7.89. The fourth-order valence-electron chi connectivity index (χ4n) is 1.80. The zero-order valence-corrected chi connectivity index (χ0v) is 10.4. The third-order valence-corrected chi connectivity index (χ3v) is 3.56. The lowest BCUT2D eigenvalue weighted by atomic mass is 10.3. The molecule has 18 heavy (non-hydrogen) atoms. The number of sulfonamides is 1. The van der Waals surface area contributed by atoms with E-state index in [1.807, 2.05) is 0 Å². The van der Waals surface area contributed by atoms with Gasteiger partial charge >= 0.3 is 0 Å².